The standard InChI is InChI=1S/C26H52O3/c1-28-25-23-21-19-17-15-13-11-9-7-5-3-4-6-8-10-12-14-16-18-20-22-24-26(27)29-2/h3-25H2,1-2H3. The van der Waals surface area contributed by atoms with Gasteiger partial charge in [0.1, 0.15) is 0 Å². The molecular weight excluding hydrogens is 360 g/mol. The van der Waals surface area contributed by atoms with E-state index >= 15 is 0 Å². The van der Waals surface area contributed by atoms with Gasteiger partial charge in [-0.3, -0.25) is 4.79 Å². The highest BCUT2D eigenvalue weighted by Gasteiger charge is 1.99. The van der Waals surface area contributed by atoms with E-state index in [2.05, 4.69) is 4.74 Å². The maximum absolute atomic E-state index is 11.0. The maximum Gasteiger partial charge on any atom is 0.305 e. The Morgan fingerprint density at radius 3 is 1.00 bits per heavy atom. The van der Waals surface area contributed by atoms with E-state index in [0.29, 0.717) is 6.42 Å². The summed E-state index contributed by atoms with van der Waals surface area (Å²) in [5.74, 6) is -0.0648. The number of methoxy groups -OCH3 is 2. The van der Waals surface area contributed by atoms with Gasteiger partial charge in [-0.15, -0.1) is 0 Å². The molecule has 29 heavy (non-hydrogen) atoms. The fourth-order valence-corrected chi connectivity index (χ4v) is 3.98. The van der Waals surface area contributed by atoms with Gasteiger partial charge in [-0.25, -0.2) is 0 Å². The summed E-state index contributed by atoms with van der Waals surface area (Å²) in [7, 11) is 3.26. The molecule has 0 fully saturated rings. The lowest BCUT2D eigenvalue weighted by Gasteiger charge is -2.04. The average Bonchev–Trinajstić information content (AvgIpc) is 2.74. The molecule has 0 atom stereocenters. The lowest BCUT2D eigenvalue weighted by molar-refractivity contribution is -0.140. The van der Waals surface area contributed by atoms with Crippen LogP contribution in [0.5, 0.6) is 0 Å². The van der Waals surface area contributed by atoms with Crippen LogP contribution in [0.3, 0.4) is 0 Å². The van der Waals surface area contributed by atoms with E-state index in [4.69, 9.17) is 4.74 Å². The highest BCUT2D eigenvalue weighted by atomic mass is 16.5. The second-order valence-corrected chi connectivity index (χ2v) is 8.74. The number of hydrogen-bond donors (Lipinski definition) is 0. The third-order valence-corrected chi connectivity index (χ3v) is 5.96. The predicted octanol–water partition coefficient (Wildman–Crippen LogP) is 8.39. The summed E-state index contributed by atoms with van der Waals surface area (Å²) in [6.45, 7) is 0.931. The van der Waals surface area contributed by atoms with Gasteiger partial charge in [0.15, 0.2) is 0 Å². The topological polar surface area (TPSA) is 35.5 Å². The minimum Gasteiger partial charge on any atom is -0.469 e. The van der Waals surface area contributed by atoms with Gasteiger partial charge in [-0.2, -0.15) is 0 Å². The number of ether oxygens (including phenoxy) is 2. The van der Waals surface area contributed by atoms with Crippen molar-refractivity contribution >= 4 is 5.97 Å². The van der Waals surface area contributed by atoms with Crippen molar-refractivity contribution in [3.05, 3.63) is 0 Å². The molecule has 0 aliphatic heterocycles. The highest BCUT2D eigenvalue weighted by Crippen LogP contribution is 2.15. The largest absolute Gasteiger partial charge is 0.469 e. The third-order valence-electron chi connectivity index (χ3n) is 5.96. The molecule has 0 aliphatic rings. The normalized spacial score (nSPS) is 11.1. The van der Waals surface area contributed by atoms with Gasteiger partial charge in [-0.05, 0) is 12.8 Å². The van der Waals surface area contributed by atoms with Crippen LogP contribution in [0, 0.1) is 0 Å². The monoisotopic (exact) mass is 412 g/mol. The van der Waals surface area contributed by atoms with Crippen LogP contribution in [0.25, 0.3) is 0 Å². The Labute approximate surface area is 182 Å². The molecule has 0 spiro atoms. The second-order valence-electron chi connectivity index (χ2n) is 8.74. The first-order chi connectivity index (χ1) is 14.3. The number of rotatable bonds is 24. The van der Waals surface area contributed by atoms with Crippen molar-refractivity contribution in [2.75, 3.05) is 20.8 Å². The molecule has 0 aromatic rings. The summed E-state index contributed by atoms with van der Waals surface area (Å²) >= 11 is 0. The maximum atomic E-state index is 11.0. The minimum atomic E-state index is -0.0648. The zero-order chi connectivity index (χ0) is 21.3. The van der Waals surface area contributed by atoms with Gasteiger partial charge < -0.3 is 9.47 Å². The van der Waals surface area contributed by atoms with Crippen molar-refractivity contribution in [3.63, 3.8) is 0 Å². The third kappa shape index (κ3) is 25.4. The van der Waals surface area contributed by atoms with Crippen molar-refractivity contribution in [3.8, 4) is 0 Å². The van der Waals surface area contributed by atoms with E-state index in [0.717, 1.165) is 13.0 Å². The second kappa shape index (κ2) is 25.5. The molecule has 3 heteroatoms. The fourth-order valence-electron chi connectivity index (χ4n) is 3.98. The SMILES string of the molecule is COCCCCCCCCCCCCCCCCCCCCCCCC(=O)OC. The highest BCUT2D eigenvalue weighted by molar-refractivity contribution is 5.68. The van der Waals surface area contributed by atoms with Gasteiger partial charge in [0.25, 0.3) is 0 Å². The molecule has 0 unspecified atom stereocenters. The molecule has 0 aromatic carbocycles. The fraction of sp³-hybridized carbons (Fsp3) is 0.962. The Bertz CT molecular complexity index is 317. The smallest absolute Gasteiger partial charge is 0.305 e. The van der Waals surface area contributed by atoms with Crippen LogP contribution >= 0.6 is 0 Å². The molecule has 0 bridgehead atoms. The van der Waals surface area contributed by atoms with Gasteiger partial charge in [-0.1, -0.05) is 122 Å². The zero-order valence-corrected chi connectivity index (χ0v) is 20.0. The van der Waals surface area contributed by atoms with E-state index < -0.39 is 0 Å². The first kappa shape index (κ1) is 28.4. The summed E-state index contributed by atoms with van der Waals surface area (Å²) in [6.07, 6.45) is 29.3. The van der Waals surface area contributed by atoms with Crippen LogP contribution in [0.2, 0.25) is 0 Å². The Kier molecular flexibility index (Phi) is 25.0. The summed E-state index contributed by atoms with van der Waals surface area (Å²) in [4.78, 5) is 11.0. The van der Waals surface area contributed by atoms with Gasteiger partial charge in [0.05, 0.1) is 7.11 Å². The summed E-state index contributed by atoms with van der Waals surface area (Å²) in [6, 6.07) is 0. The quantitative estimate of drug-likeness (QED) is 0.118. The lowest BCUT2D eigenvalue weighted by atomic mass is 10.0. The van der Waals surface area contributed by atoms with Crippen LogP contribution in [0.1, 0.15) is 141 Å². The molecule has 0 saturated carbocycles. The van der Waals surface area contributed by atoms with E-state index in [-0.39, 0.29) is 5.97 Å². The van der Waals surface area contributed by atoms with E-state index in [1.54, 1.807) is 7.11 Å². The number of hydrogen-bond acceptors (Lipinski definition) is 3. The van der Waals surface area contributed by atoms with Gasteiger partial charge in [0.2, 0.25) is 0 Å². The molecule has 174 valence electrons. The van der Waals surface area contributed by atoms with Crippen molar-refractivity contribution in [2.24, 2.45) is 0 Å². The van der Waals surface area contributed by atoms with Crippen molar-refractivity contribution < 1.29 is 14.3 Å². The van der Waals surface area contributed by atoms with Crippen LogP contribution in [0.4, 0.5) is 0 Å². The Balaban J connectivity index is 3.01. The number of unbranched alkanes of at least 4 members (excludes halogenated alkanes) is 20. The Morgan fingerprint density at radius 2 is 0.724 bits per heavy atom. The Hall–Kier alpha value is -0.570. The Morgan fingerprint density at radius 1 is 0.448 bits per heavy atom. The number of esters is 1. The van der Waals surface area contributed by atoms with Gasteiger partial charge in [0, 0.05) is 20.1 Å². The summed E-state index contributed by atoms with van der Waals surface area (Å²) in [5, 5.41) is 0. The van der Waals surface area contributed by atoms with Crippen LogP contribution in [-0.4, -0.2) is 26.8 Å². The predicted molar refractivity (Wildman–Crippen MR) is 125 cm³/mol. The van der Waals surface area contributed by atoms with Crippen LogP contribution in [-0.2, 0) is 14.3 Å². The lowest BCUT2D eigenvalue weighted by Crippen LogP contribution is -1.99. The zero-order valence-electron chi connectivity index (χ0n) is 20.0. The molecule has 0 amide bonds. The molecule has 0 radical (unpaired) electrons. The van der Waals surface area contributed by atoms with Crippen molar-refractivity contribution in [1.29, 1.82) is 0 Å². The molecular formula is C26H52O3. The molecule has 0 saturated heterocycles. The minimum absolute atomic E-state index is 0.0648. The molecule has 3 nitrogen and oxygen atoms in total. The summed E-state index contributed by atoms with van der Waals surface area (Å²) < 4.78 is 9.74. The number of carbonyl (C=O) groups excluding carboxylic acids is 1. The first-order valence-electron chi connectivity index (χ1n) is 12.9. The first-order valence-corrected chi connectivity index (χ1v) is 12.9. The summed E-state index contributed by atoms with van der Waals surface area (Å²) in [5.41, 5.74) is 0. The number of carbonyl (C=O) groups is 1. The van der Waals surface area contributed by atoms with Crippen molar-refractivity contribution in [2.45, 2.75) is 141 Å². The molecule has 0 N–H and O–H groups in total. The average molecular weight is 413 g/mol. The van der Waals surface area contributed by atoms with E-state index in [1.807, 2.05) is 0 Å². The molecule has 0 aromatic heterocycles. The van der Waals surface area contributed by atoms with Crippen LogP contribution < -0.4 is 0 Å². The van der Waals surface area contributed by atoms with E-state index in [1.165, 1.54) is 136 Å². The molecule has 0 rings (SSSR count). The molecule has 0 heterocycles. The van der Waals surface area contributed by atoms with Gasteiger partial charge >= 0.3 is 5.97 Å². The molecule has 0 aliphatic carbocycles. The van der Waals surface area contributed by atoms with Crippen LogP contribution in [0.15, 0.2) is 0 Å². The van der Waals surface area contributed by atoms with E-state index in [9.17, 15) is 4.79 Å². The van der Waals surface area contributed by atoms with Crippen molar-refractivity contribution in [1.82, 2.24) is 0 Å².